The Morgan fingerprint density at radius 1 is 1.22 bits per heavy atom. The van der Waals surface area contributed by atoms with Gasteiger partial charge in [0.15, 0.2) is 6.61 Å². The van der Waals surface area contributed by atoms with E-state index in [-0.39, 0.29) is 25.5 Å². The van der Waals surface area contributed by atoms with Crippen LogP contribution < -0.4 is 15.6 Å². The number of nitrogens with zero attached hydrogens (tertiary/aromatic N) is 1. The van der Waals surface area contributed by atoms with E-state index in [1.54, 1.807) is 29.2 Å². The molecule has 0 spiro atoms. The maximum absolute atomic E-state index is 12.2. The fraction of sp³-hybridized carbons (Fsp3) is 0.316. The molecule has 8 nitrogen and oxygen atoms in total. The smallest absolute Gasteiger partial charge is 0.276 e. The van der Waals surface area contributed by atoms with Crippen LogP contribution in [0.15, 0.2) is 47.1 Å². The molecule has 3 rings (SSSR count). The summed E-state index contributed by atoms with van der Waals surface area (Å²) in [5.41, 5.74) is 5.74. The van der Waals surface area contributed by atoms with Crippen LogP contribution in [0, 0.1) is 12.8 Å². The summed E-state index contributed by atoms with van der Waals surface area (Å²) in [5, 5.41) is 0. The fourth-order valence-electron chi connectivity index (χ4n) is 2.74. The molecule has 3 amide bonds. The number of hydrazine groups is 1. The van der Waals surface area contributed by atoms with Crippen LogP contribution in [0.25, 0.3) is 0 Å². The van der Waals surface area contributed by atoms with Crippen LogP contribution in [0.3, 0.4) is 0 Å². The van der Waals surface area contributed by atoms with Crippen molar-refractivity contribution in [2.24, 2.45) is 5.92 Å². The third kappa shape index (κ3) is 5.10. The number of rotatable bonds is 6. The average Bonchev–Trinajstić information content (AvgIpc) is 3.30. The molecule has 2 N–H and O–H groups in total. The number of hydrogen-bond donors (Lipinski definition) is 2. The third-order valence-electron chi connectivity index (χ3n) is 4.23. The number of carbonyl (C=O) groups is 3. The van der Waals surface area contributed by atoms with Crippen molar-refractivity contribution in [2.45, 2.75) is 19.9 Å². The first-order valence-electron chi connectivity index (χ1n) is 8.59. The topological polar surface area (TPSA) is 101 Å². The molecule has 1 aromatic heterocycles. The highest BCUT2D eigenvalue weighted by Gasteiger charge is 2.34. The Morgan fingerprint density at radius 3 is 2.70 bits per heavy atom. The van der Waals surface area contributed by atoms with Crippen molar-refractivity contribution < 1.29 is 23.5 Å². The number of benzene rings is 1. The van der Waals surface area contributed by atoms with Crippen LogP contribution in [-0.2, 0) is 20.9 Å². The number of amides is 3. The van der Waals surface area contributed by atoms with Crippen LogP contribution in [0.1, 0.15) is 17.7 Å². The molecular formula is C19H21N3O5. The Balaban J connectivity index is 1.40. The van der Waals surface area contributed by atoms with E-state index in [2.05, 4.69) is 10.9 Å². The Morgan fingerprint density at radius 2 is 2.00 bits per heavy atom. The third-order valence-corrected chi connectivity index (χ3v) is 4.23. The van der Waals surface area contributed by atoms with Gasteiger partial charge >= 0.3 is 0 Å². The van der Waals surface area contributed by atoms with Crippen molar-refractivity contribution in [3.8, 4) is 5.75 Å². The van der Waals surface area contributed by atoms with E-state index in [1.165, 1.54) is 6.26 Å². The van der Waals surface area contributed by atoms with Crippen molar-refractivity contribution in [3.05, 3.63) is 54.0 Å². The summed E-state index contributed by atoms with van der Waals surface area (Å²) in [6.07, 6.45) is 1.64. The Kier molecular flexibility index (Phi) is 5.75. The highest BCUT2D eigenvalue weighted by molar-refractivity contribution is 5.90. The van der Waals surface area contributed by atoms with Gasteiger partial charge in [-0.05, 0) is 31.2 Å². The van der Waals surface area contributed by atoms with E-state index >= 15 is 0 Å². The summed E-state index contributed by atoms with van der Waals surface area (Å²) >= 11 is 0. The van der Waals surface area contributed by atoms with Crippen LogP contribution in [-0.4, -0.2) is 35.8 Å². The minimum atomic E-state index is -0.522. The Bertz CT molecular complexity index is 801. The van der Waals surface area contributed by atoms with Crippen molar-refractivity contribution in [3.63, 3.8) is 0 Å². The number of likely N-dealkylation sites (tertiary alicyclic amines) is 1. The minimum Gasteiger partial charge on any atom is -0.484 e. The van der Waals surface area contributed by atoms with Gasteiger partial charge < -0.3 is 14.1 Å². The van der Waals surface area contributed by atoms with Crippen molar-refractivity contribution in [2.75, 3.05) is 13.2 Å². The Hall–Kier alpha value is -3.29. The maximum atomic E-state index is 12.2. The zero-order chi connectivity index (χ0) is 19.2. The van der Waals surface area contributed by atoms with Gasteiger partial charge in [0.05, 0.1) is 18.7 Å². The molecule has 1 aliphatic heterocycles. The number of aryl methyl sites for hydroxylation is 1. The number of ether oxygens (including phenoxy) is 1. The molecule has 1 fully saturated rings. The van der Waals surface area contributed by atoms with Crippen LogP contribution in [0.5, 0.6) is 5.75 Å². The molecule has 8 heteroatoms. The summed E-state index contributed by atoms with van der Waals surface area (Å²) in [6.45, 7) is 2.33. The number of nitrogens with one attached hydrogen (secondary N) is 2. The van der Waals surface area contributed by atoms with Gasteiger partial charge in [-0.3, -0.25) is 25.2 Å². The minimum absolute atomic E-state index is 0.0995. The molecule has 1 saturated heterocycles. The lowest BCUT2D eigenvalue weighted by Gasteiger charge is -2.15. The summed E-state index contributed by atoms with van der Waals surface area (Å²) < 4.78 is 10.6. The highest BCUT2D eigenvalue weighted by atomic mass is 16.5. The van der Waals surface area contributed by atoms with Gasteiger partial charge in [-0.2, -0.15) is 0 Å². The van der Waals surface area contributed by atoms with E-state index in [1.807, 2.05) is 19.1 Å². The zero-order valence-electron chi connectivity index (χ0n) is 14.9. The number of carbonyl (C=O) groups excluding carboxylic acids is 3. The lowest BCUT2D eigenvalue weighted by molar-refractivity contribution is -0.132. The van der Waals surface area contributed by atoms with E-state index in [4.69, 9.17) is 9.15 Å². The number of hydrogen-bond acceptors (Lipinski definition) is 5. The lowest BCUT2D eigenvalue weighted by Crippen LogP contribution is -2.46. The van der Waals surface area contributed by atoms with Crippen molar-refractivity contribution in [1.82, 2.24) is 15.8 Å². The van der Waals surface area contributed by atoms with Gasteiger partial charge in [-0.15, -0.1) is 0 Å². The molecule has 1 aliphatic rings. The predicted octanol–water partition coefficient (Wildman–Crippen LogP) is 1.16. The summed E-state index contributed by atoms with van der Waals surface area (Å²) in [6, 6.07) is 10.8. The monoisotopic (exact) mass is 371 g/mol. The lowest BCUT2D eigenvalue weighted by atomic mass is 10.1. The second-order valence-corrected chi connectivity index (χ2v) is 6.39. The molecule has 142 valence electrons. The molecule has 27 heavy (non-hydrogen) atoms. The van der Waals surface area contributed by atoms with Gasteiger partial charge in [0.2, 0.25) is 11.8 Å². The molecule has 0 saturated carbocycles. The SMILES string of the molecule is Cc1ccc(OCC(=O)NNC(=O)C2CC(=O)N(Cc3ccco3)C2)cc1. The predicted molar refractivity (Wildman–Crippen MR) is 95.2 cm³/mol. The first kappa shape index (κ1) is 18.5. The van der Waals surface area contributed by atoms with Crippen molar-refractivity contribution >= 4 is 17.7 Å². The fourth-order valence-corrected chi connectivity index (χ4v) is 2.74. The first-order valence-corrected chi connectivity index (χ1v) is 8.59. The van der Waals surface area contributed by atoms with E-state index < -0.39 is 17.7 Å². The highest BCUT2D eigenvalue weighted by Crippen LogP contribution is 2.20. The second kappa shape index (κ2) is 8.39. The zero-order valence-corrected chi connectivity index (χ0v) is 14.9. The van der Waals surface area contributed by atoms with Gasteiger partial charge in [0.25, 0.3) is 5.91 Å². The molecule has 0 bridgehead atoms. The molecular weight excluding hydrogens is 350 g/mol. The van der Waals surface area contributed by atoms with Crippen LogP contribution in [0.4, 0.5) is 0 Å². The van der Waals surface area contributed by atoms with Crippen LogP contribution in [0.2, 0.25) is 0 Å². The molecule has 0 aliphatic carbocycles. The van der Waals surface area contributed by atoms with Gasteiger partial charge in [0.1, 0.15) is 11.5 Å². The largest absolute Gasteiger partial charge is 0.484 e. The summed E-state index contributed by atoms with van der Waals surface area (Å²) in [4.78, 5) is 37.6. The average molecular weight is 371 g/mol. The van der Waals surface area contributed by atoms with Gasteiger partial charge in [-0.1, -0.05) is 17.7 Å². The summed E-state index contributed by atoms with van der Waals surface area (Å²) in [7, 11) is 0. The van der Waals surface area contributed by atoms with E-state index in [0.29, 0.717) is 18.1 Å². The molecule has 2 aromatic rings. The molecule has 1 atom stereocenters. The molecule has 2 heterocycles. The first-order chi connectivity index (χ1) is 13.0. The van der Waals surface area contributed by atoms with Crippen molar-refractivity contribution in [1.29, 1.82) is 0 Å². The number of furan rings is 1. The second-order valence-electron chi connectivity index (χ2n) is 6.39. The molecule has 1 aromatic carbocycles. The molecule has 1 unspecified atom stereocenters. The summed E-state index contributed by atoms with van der Waals surface area (Å²) in [5.74, 6) is -0.316. The maximum Gasteiger partial charge on any atom is 0.276 e. The van der Waals surface area contributed by atoms with Gasteiger partial charge in [-0.25, -0.2) is 0 Å². The van der Waals surface area contributed by atoms with Crippen LogP contribution >= 0.6 is 0 Å². The van der Waals surface area contributed by atoms with E-state index in [0.717, 1.165) is 5.56 Å². The van der Waals surface area contributed by atoms with E-state index in [9.17, 15) is 14.4 Å². The van der Waals surface area contributed by atoms with Gasteiger partial charge in [0, 0.05) is 13.0 Å². The quantitative estimate of drug-likeness (QED) is 0.742. The Labute approximate surface area is 156 Å². The molecule has 0 radical (unpaired) electrons. The normalized spacial score (nSPS) is 16.3. The standard InChI is InChI=1S/C19H21N3O5/c1-13-4-6-15(7-5-13)27-12-17(23)20-21-19(25)14-9-18(24)22(10-14)11-16-3-2-8-26-16/h2-8,14H,9-12H2,1H3,(H,20,23)(H,21,25).